The number of carbonyl (C=O) groups excluding carboxylic acids is 1. The second-order valence-corrected chi connectivity index (χ2v) is 7.51. The molecule has 0 aliphatic carbocycles. The Hall–Kier alpha value is -2.60. The van der Waals surface area contributed by atoms with E-state index in [1.165, 1.54) is 0 Å². The van der Waals surface area contributed by atoms with E-state index in [0.717, 1.165) is 36.3 Å². The Morgan fingerprint density at radius 1 is 0.964 bits per heavy atom. The standard InChI is InChI=1S/C21H20ClNO5/c22-15-9-14(11-19-20(15)28-12-27-19)21(24)23-6-1-3-16(23)13-4-5-17-18(10-13)26-8-2-7-25-17/h4-5,9-11,16H,1-3,6-8,12H2/t16-/m1/s1. The van der Waals surface area contributed by atoms with Gasteiger partial charge in [-0.1, -0.05) is 17.7 Å². The molecule has 0 radical (unpaired) electrons. The maximum Gasteiger partial charge on any atom is 0.254 e. The van der Waals surface area contributed by atoms with Crippen molar-refractivity contribution < 1.29 is 23.7 Å². The third-order valence-electron chi connectivity index (χ3n) is 5.34. The van der Waals surface area contributed by atoms with E-state index in [1.54, 1.807) is 12.1 Å². The Labute approximate surface area is 167 Å². The van der Waals surface area contributed by atoms with Crippen LogP contribution in [0.3, 0.4) is 0 Å². The number of ether oxygens (including phenoxy) is 4. The van der Waals surface area contributed by atoms with Crippen molar-refractivity contribution in [3.63, 3.8) is 0 Å². The first kappa shape index (κ1) is 17.5. The first-order valence-corrected chi connectivity index (χ1v) is 9.88. The van der Waals surface area contributed by atoms with Crippen LogP contribution in [0.5, 0.6) is 23.0 Å². The summed E-state index contributed by atoms with van der Waals surface area (Å²) >= 11 is 6.27. The highest BCUT2D eigenvalue weighted by Gasteiger charge is 2.32. The Morgan fingerprint density at radius 2 is 1.82 bits per heavy atom. The smallest absolute Gasteiger partial charge is 0.254 e. The summed E-state index contributed by atoms with van der Waals surface area (Å²) < 4.78 is 22.3. The van der Waals surface area contributed by atoms with Crippen molar-refractivity contribution in [3.8, 4) is 23.0 Å². The molecule has 6 nitrogen and oxygen atoms in total. The highest BCUT2D eigenvalue weighted by atomic mass is 35.5. The largest absolute Gasteiger partial charge is 0.490 e. The highest BCUT2D eigenvalue weighted by Crippen LogP contribution is 2.42. The van der Waals surface area contributed by atoms with Crippen LogP contribution in [0.15, 0.2) is 30.3 Å². The van der Waals surface area contributed by atoms with Gasteiger partial charge in [-0.05, 0) is 42.7 Å². The Morgan fingerprint density at radius 3 is 2.71 bits per heavy atom. The van der Waals surface area contributed by atoms with Gasteiger partial charge in [0.05, 0.1) is 24.3 Å². The van der Waals surface area contributed by atoms with Crippen LogP contribution in [0.25, 0.3) is 0 Å². The topological polar surface area (TPSA) is 57.2 Å². The number of nitrogens with zero attached hydrogens (tertiary/aromatic N) is 1. The van der Waals surface area contributed by atoms with Crippen molar-refractivity contribution in [3.05, 3.63) is 46.5 Å². The molecule has 146 valence electrons. The van der Waals surface area contributed by atoms with E-state index < -0.39 is 0 Å². The summed E-state index contributed by atoms with van der Waals surface area (Å²) in [5.41, 5.74) is 1.57. The molecule has 0 N–H and O–H groups in total. The molecule has 7 heteroatoms. The van der Waals surface area contributed by atoms with Gasteiger partial charge in [0.1, 0.15) is 0 Å². The first-order valence-electron chi connectivity index (χ1n) is 9.50. The lowest BCUT2D eigenvalue weighted by atomic mass is 10.0. The number of carbonyl (C=O) groups is 1. The maximum atomic E-state index is 13.2. The predicted molar refractivity (Wildman–Crippen MR) is 103 cm³/mol. The molecule has 1 atom stereocenters. The first-order chi connectivity index (χ1) is 13.7. The highest BCUT2D eigenvalue weighted by molar-refractivity contribution is 6.32. The summed E-state index contributed by atoms with van der Waals surface area (Å²) in [6.45, 7) is 2.12. The molecular formula is C21H20ClNO5. The minimum Gasteiger partial charge on any atom is -0.490 e. The van der Waals surface area contributed by atoms with Crippen LogP contribution in [0.1, 0.15) is 41.2 Å². The van der Waals surface area contributed by atoms with Gasteiger partial charge in [-0.2, -0.15) is 0 Å². The molecule has 1 amide bonds. The van der Waals surface area contributed by atoms with Gasteiger partial charge in [0.25, 0.3) is 5.91 Å². The lowest BCUT2D eigenvalue weighted by molar-refractivity contribution is 0.0735. The van der Waals surface area contributed by atoms with Gasteiger partial charge in [0.2, 0.25) is 6.79 Å². The fraction of sp³-hybridized carbons (Fsp3) is 0.381. The van der Waals surface area contributed by atoms with Crippen LogP contribution in [-0.4, -0.2) is 37.4 Å². The van der Waals surface area contributed by atoms with Crippen molar-refractivity contribution in [2.24, 2.45) is 0 Å². The zero-order valence-electron chi connectivity index (χ0n) is 15.3. The third kappa shape index (κ3) is 3.02. The van der Waals surface area contributed by atoms with Gasteiger partial charge < -0.3 is 23.8 Å². The number of benzene rings is 2. The molecule has 0 bridgehead atoms. The molecule has 1 saturated heterocycles. The molecule has 0 aromatic heterocycles. The number of likely N-dealkylation sites (tertiary alicyclic amines) is 1. The van der Waals surface area contributed by atoms with Gasteiger partial charge in [0, 0.05) is 18.5 Å². The second kappa shape index (κ2) is 7.09. The molecule has 3 heterocycles. The molecular weight excluding hydrogens is 382 g/mol. The predicted octanol–water partition coefficient (Wildman–Crippen LogP) is 4.21. The molecule has 0 unspecified atom stereocenters. The molecule has 28 heavy (non-hydrogen) atoms. The van der Waals surface area contributed by atoms with Crippen LogP contribution in [0, 0.1) is 0 Å². The molecule has 0 spiro atoms. The number of hydrogen-bond acceptors (Lipinski definition) is 5. The number of fused-ring (bicyclic) bond motifs is 2. The van der Waals surface area contributed by atoms with Crippen LogP contribution in [-0.2, 0) is 0 Å². The van der Waals surface area contributed by atoms with E-state index in [9.17, 15) is 4.79 Å². The molecule has 3 aliphatic heterocycles. The van der Waals surface area contributed by atoms with Crippen molar-refractivity contribution in [1.29, 1.82) is 0 Å². The quantitative estimate of drug-likeness (QED) is 0.754. The number of halogens is 1. The lowest BCUT2D eigenvalue weighted by Crippen LogP contribution is -2.30. The zero-order chi connectivity index (χ0) is 19.1. The number of rotatable bonds is 2. The minimum absolute atomic E-state index is 0.00569. The van der Waals surface area contributed by atoms with Gasteiger partial charge in [-0.3, -0.25) is 4.79 Å². The van der Waals surface area contributed by atoms with Gasteiger partial charge in [-0.15, -0.1) is 0 Å². The van der Waals surface area contributed by atoms with Crippen LogP contribution in [0.2, 0.25) is 5.02 Å². The molecule has 1 fully saturated rings. The summed E-state index contributed by atoms with van der Waals surface area (Å²) in [7, 11) is 0. The van der Waals surface area contributed by atoms with Crippen LogP contribution in [0.4, 0.5) is 0 Å². The van der Waals surface area contributed by atoms with E-state index in [1.807, 2.05) is 23.1 Å². The monoisotopic (exact) mass is 401 g/mol. The van der Waals surface area contributed by atoms with Gasteiger partial charge in [-0.25, -0.2) is 0 Å². The lowest BCUT2D eigenvalue weighted by Gasteiger charge is -2.26. The Balaban J connectivity index is 1.44. The molecule has 2 aromatic carbocycles. The van der Waals surface area contributed by atoms with E-state index in [-0.39, 0.29) is 18.7 Å². The minimum atomic E-state index is -0.0604. The Kier molecular flexibility index (Phi) is 4.43. The van der Waals surface area contributed by atoms with E-state index >= 15 is 0 Å². The average molecular weight is 402 g/mol. The summed E-state index contributed by atoms with van der Waals surface area (Å²) in [5.74, 6) is 2.47. The SMILES string of the molecule is O=C(c1cc(Cl)c2c(c1)OCO2)N1CCC[C@@H]1c1ccc2c(c1)OCCCO2. The van der Waals surface area contributed by atoms with Crippen molar-refractivity contribution >= 4 is 17.5 Å². The van der Waals surface area contributed by atoms with E-state index in [2.05, 4.69) is 0 Å². The summed E-state index contributed by atoms with van der Waals surface area (Å²) in [5, 5.41) is 0.393. The van der Waals surface area contributed by atoms with Gasteiger partial charge >= 0.3 is 0 Å². The summed E-state index contributed by atoms with van der Waals surface area (Å²) in [6, 6.07) is 9.32. The van der Waals surface area contributed by atoms with Gasteiger partial charge in [0.15, 0.2) is 23.0 Å². The third-order valence-corrected chi connectivity index (χ3v) is 5.62. The van der Waals surface area contributed by atoms with Crippen molar-refractivity contribution in [1.82, 2.24) is 4.90 Å². The van der Waals surface area contributed by atoms with Crippen LogP contribution >= 0.6 is 11.6 Å². The fourth-order valence-corrected chi connectivity index (χ4v) is 4.27. The summed E-state index contributed by atoms with van der Waals surface area (Å²) in [4.78, 5) is 15.1. The van der Waals surface area contributed by atoms with E-state index in [0.29, 0.717) is 41.8 Å². The average Bonchev–Trinajstić information content (AvgIpc) is 3.32. The normalized spacial score (nSPS) is 20.2. The molecule has 2 aromatic rings. The number of amides is 1. The van der Waals surface area contributed by atoms with E-state index in [4.69, 9.17) is 30.5 Å². The van der Waals surface area contributed by atoms with Crippen LogP contribution < -0.4 is 18.9 Å². The zero-order valence-corrected chi connectivity index (χ0v) is 16.0. The molecule has 5 rings (SSSR count). The van der Waals surface area contributed by atoms with Crippen molar-refractivity contribution in [2.45, 2.75) is 25.3 Å². The summed E-state index contributed by atoms with van der Waals surface area (Å²) in [6.07, 6.45) is 2.72. The molecule has 3 aliphatic rings. The Bertz CT molecular complexity index is 931. The second-order valence-electron chi connectivity index (χ2n) is 7.11. The van der Waals surface area contributed by atoms with Crippen molar-refractivity contribution in [2.75, 3.05) is 26.6 Å². The molecule has 0 saturated carbocycles. The fourth-order valence-electron chi connectivity index (χ4n) is 4.00. The maximum absolute atomic E-state index is 13.2. The number of hydrogen-bond donors (Lipinski definition) is 0.